The minimum atomic E-state index is 0.727. The van der Waals surface area contributed by atoms with Crippen LogP contribution in [-0.4, -0.2) is 24.1 Å². The Kier molecular flexibility index (Phi) is 4.21. The molecule has 7 rings (SSSR count). The van der Waals surface area contributed by atoms with Crippen molar-refractivity contribution in [2.24, 2.45) is 0 Å². The summed E-state index contributed by atoms with van der Waals surface area (Å²) in [6.45, 7) is 1.45. The van der Waals surface area contributed by atoms with E-state index in [4.69, 9.17) is 4.98 Å². The zero-order chi connectivity index (χ0) is 22.5. The van der Waals surface area contributed by atoms with Crippen molar-refractivity contribution in [3.63, 3.8) is 0 Å². The first-order chi connectivity index (χ1) is 16.8. The lowest BCUT2D eigenvalue weighted by molar-refractivity contribution is 0.825. The van der Waals surface area contributed by atoms with Crippen LogP contribution in [0.4, 0.5) is 0 Å². The highest BCUT2D eigenvalue weighted by molar-refractivity contribution is 5.95. The van der Waals surface area contributed by atoms with Crippen molar-refractivity contribution in [2.75, 3.05) is 0 Å². The van der Waals surface area contributed by atoms with Gasteiger partial charge in [-0.1, -0.05) is 60.7 Å². The Labute approximate surface area is 195 Å². The van der Waals surface area contributed by atoms with E-state index in [-0.39, 0.29) is 0 Å². The van der Waals surface area contributed by atoms with Crippen LogP contribution in [-0.2, 0) is 13.1 Å². The summed E-state index contributed by atoms with van der Waals surface area (Å²) < 4.78 is 4.39. The van der Waals surface area contributed by atoms with Crippen molar-refractivity contribution in [2.45, 2.75) is 13.1 Å². The van der Waals surface area contributed by atoms with E-state index in [1.54, 1.807) is 0 Å². The lowest BCUT2D eigenvalue weighted by Gasteiger charge is -2.12. The Balaban J connectivity index is 1.36. The molecule has 4 aromatic carbocycles. The molecule has 162 valence electrons. The smallest absolute Gasteiger partial charge is 0.0961 e. The fourth-order valence-electron chi connectivity index (χ4n) is 4.90. The minimum Gasteiger partial charge on any atom is -0.326 e. The lowest BCUT2D eigenvalue weighted by Crippen LogP contribution is -2.02. The van der Waals surface area contributed by atoms with Gasteiger partial charge < -0.3 is 9.13 Å². The van der Waals surface area contributed by atoms with Crippen molar-refractivity contribution in [1.29, 1.82) is 0 Å². The number of rotatable bonds is 4. The highest BCUT2D eigenvalue weighted by Crippen LogP contribution is 2.27. The van der Waals surface area contributed by atoms with Crippen LogP contribution >= 0.6 is 0 Å². The van der Waals surface area contributed by atoms with E-state index in [9.17, 15) is 0 Å². The van der Waals surface area contributed by atoms with Gasteiger partial charge in [0.25, 0.3) is 0 Å². The van der Waals surface area contributed by atoms with Crippen molar-refractivity contribution < 1.29 is 0 Å². The molecule has 0 amide bonds. The molecule has 0 saturated heterocycles. The van der Waals surface area contributed by atoms with E-state index in [2.05, 4.69) is 85.8 Å². The molecule has 3 heterocycles. The van der Waals surface area contributed by atoms with Crippen molar-refractivity contribution >= 4 is 43.9 Å². The predicted molar refractivity (Wildman–Crippen MR) is 137 cm³/mol. The van der Waals surface area contributed by atoms with Crippen LogP contribution in [0, 0.1) is 0 Å². The van der Waals surface area contributed by atoms with Crippen LogP contribution < -0.4 is 0 Å². The standard InChI is InChI=1S/C29H21N5/c1-3-13-26-24(11-1)30-18-33(26)16-22-9-5-7-20-15-21-8-6-10-23(29(21)32-28(20)22)17-34-19-31-25-12-2-4-14-27(25)34/h1-15,18-19H,16-17H2. The third-order valence-corrected chi connectivity index (χ3v) is 6.57. The van der Waals surface area contributed by atoms with E-state index in [0.717, 1.165) is 57.0 Å². The molecule has 0 unspecified atom stereocenters. The van der Waals surface area contributed by atoms with Crippen molar-refractivity contribution in [3.8, 4) is 0 Å². The summed E-state index contributed by atoms with van der Waals surface area (Å²) in [7, 11) is 0. The zero-order valence-corrected chi connectivity index (χ0v) is 18.5. The van der Waals surface area contributed by atoms with Gasteiger partial charge in [-0.15, -0.1) is 0 Å². The minimum absolute atomic E-state index is 0.727. The Morgan fingerprint density at radius 1 is 0.529 bits per heavy atom. The Hall–Kier alpha value is -4.51. The van der Waals surface area contributed by atoms with Crippen molar-refractivity contribution in [3.05, 3.63) is 115 Å². The molecular formula is C29H21N5. The van der Waals surface area contributed by atoms with Crippen LogP contribution in [0.25, 0.3) is 43.9 Å². The molecule has 0 spiro atoms. The molecular weight excluding hydrogens is 418 g/mol. The fourth-order valence-corrected chi connectivity index (χ4v) is 4.90. The number of nitrogens with zero attached hydrogens (tertiary/aromatic N) is 5. The Morgan fingerprint density at radius 2 is 1.03 bits per heavy atom. The Morgan fingerprint density at radius 3 is 1.56 bits per heavy atom. The number of para-hydroxylation sites is 6. The quantitative estimate of drug-likeness (QED) is 0.308. The van der Waals surface area contributed by atoms with Crippen molar-refractivity contribution in [1.82, 2.24) is 24.1 Å². The molecule has 0 aliphatic carbocycles. The topological polar surface area (TPSA) is 48.5 Å². The number of benzene rings is 4. The second-order valence-corrected chi connectivity index (χ2v) is 8.69. The first-order valence-electron chi connectivity index (χ1n) is 11.4. The summed E-state index contributed by atoms with van der Waals surface area (Å²) in [5.74, 6) is 0. The average molecular weight is 440 g/mol. The van der Waals surface area contributed by atoms with E-state index >= 15 is 0 Å². The lowest BCUT2D eigenvalue weighted by atomic mass is 10.0. The number of pyridine rings is 1. The molecule has 0 aliphatic rings. The van der Waals surface area contributed by atoms with E-state index in [1.165, 1.54) is 11.1 Å². The van der Waals surface area contributed by atoms with E-state index in [1.807, 2.05) is 36.9 Å². The monoisotopic (exact) mass is 439 g/mol. The van der Waals surface area contributed by atoms with Gasteiger partial charge in [0.1, 0.15) is 0 Å². The highest BCUT2D eigenvalue weighted by atomic mass is 15.0. The van der Waals surface area contributed by atoms with Gasteiger partial charge in [0, 0.05) is 10.8 Å². The Bertz CT molecular complexity index is 1690. The maximum absolute atomic E-state index is 5.23. The van der Waals surface area contributed by atoms with Gasteiger partial charge in [-0.05, 0) is 41.5 Å². The first-order valence-corrected chi connectivity index (χ1v) is 11.4. The second-order valence-electron chi connectivity index (χ2n) is 8.69. The van der Waals surface area contributed by atoms with Crippen LogP contribution in [0.3, 0.4) is 0 Å². The van der Waals surface area contributed by atoms with Crippen LogP contribution in [0.5, 0.6) is 0 Å². The maximum atomic E-state index is 5.23. The summed E-state index contributed by atoms with van der Waals surface area (Å²) in [4.78, 5) is 14.4. The van der Waals surface area contributed by atoms with Crippen LogP contribution in [0.2, 0.25) is 0 Å². The first kappa shape index (κ1) is 19.0. The van der Waals surface area contributed by atoms with Gasteiger partial charge in [0.15, 0.2) is 0 Å². The van der Waals surface area contributed by atoms with Gasteiger partial charge in [-0.25, -0.2) is 15.0 Å². The molecule has 3 aromatic heterocycles. The molecule has 7 aromatic rings. The molecule has 0 saturated carbocycles. The van der Waals surface area contributed by atoms with Gasteiger partial charge >= 0.3 is 0 Å². The second kappa shape index (κ2) is 7.52. The molecule has 0 bridgehead atoms. The van der Waals surface area contributed by atoms with Crippen LogP contribution in [0.1, 0.15) is 11.1 Å². The average Bonchev–Trinajstić information content (AvgIpc) is 3.48. The molecule has 0 atom stereocenters. The summed E-state index contributed by atoms with van der Waals surface area (Å²) >= 11 is 0. The highest BCUT2D eigenvalue weighted by Gasteiger charge is 2.11. The van der Waals surface area contributed by atoms with Gasteiger partial charge in [0.2, 0.25) is 0 Å². The summed E-state index contributed by atoms with van der Waals surface area (Å²) in [6, 6.07) is 31.6. The number of imidazole rings is 2. The third kappa shape index (κ3) is 3.05. The summed E-state index contributed by atoms with van der Waals surface area (Å²) in [5, 5.41) is 2.30. The number of fused-ring (bicyclic) bond motifs is 4. The molecule has 5 nitrogen and oxygen atoms in total. The molecule has 5 heteroatoms. The molecule has 0 aliphatic heterocycles. The molecule has 0 radical (unpaired) electrons. The SMILES string of the molecule is c1cc(Cn2cnc3ccccc32)c2nc3c(Cn4cnc5ccccc54)cccc3cc2c1. The van der Waals surface area contributed by atoms with Gasteiger partial charge in [0.05, 0.1) is 58.8 Å². The summed E-state index contributed by atoms with van der Waals surface area (Å²) in [6.07, 6.45) is 3.83. The molecule has 0 fully saturated rings. The fraction of sp³-hybridized carbons (Fsp3) is 0.0690. The zero-order valence-electron chi connectivity index (χ0n) is 18.5. The van der Waals surface area contributed by atoms with E-state index < -0.39 is 0 Å². The number of aromatic nitrogens is 5. The van der Waals surface area contributed by atoms with Gasteiger partial charge in [-0.2, -0.15) is 0 Å². The largest absolute Gasteiger partial charge is 0.326 e. The number of hydrogen-bond donors (Lipinski definition) is 0. The third-order valence-electron chi connectivity index (χ3n) is 6.57. The maximum Gasteiger partial charge on any atom is 0.0961 e. The molecule has 0 N–H and O–H groups in total. The van der Waals surface area contributed by atoms with Crippen LogP contribution in [0.15, 0.2) is 104 Å². The van der Waals surface area contributed by atoms with E-state index in [0.29, 0.717) is 0 Å². The van der Waals surface area contributed by atoms with Gasteiger partial charge in [-0.3, -0.25) is 0 Å². The predicted octanol–water partition coefficient (Wildman–Crippen LogP) is 6.18. The normalized spacial score (nSPS) is 11.8. The molecule has 34 heavy (non-hydrogen) atoms. The number of hydrogen-bond acceptors (Lipinski definition) is 3. The summed E-state index contributed by atoms with van der Waals surface area (Å²) in [5.41, 5.74) is 8.73.